The van der Waals surface area contributed by atoms with Crippen LogP contribution in [-0.4, -0.2) is 69.2 Å². The number of aryl methyl sites for hydroxylation is 1. The van der Waals surface area contributed by atoms with Crippen molar-refractivity contribution in [2.24, 2.45) is 13.0 Å². The second-order valence-corrected chi connectivity index (χ2v) is 11.8. The van der Waals surface area contributed by atoms with Gasteiger partial charge in [-0.25, -0.2) is 19.0 Å². The fourth-order valence-electron chi connectivity index (χ4n) is 4.07. The Labute approximate surface area is 242 Å². The molecule has 0 aromatic carbocycles. The number of rotatable bonds is 6. The number of nitrogens with one attached hydrogen (secondary N) is 1. The van der Waals surface area contributed by atoms with Crippen LogP contribution in [-0.2, 0) is 21.3 Å². The molecule has 42 heavy (non-hydrogen) atoms. The average Bonchev–Trinajstić information content (AvgIpc) is 3.52. The van der Waals surface area contributed by atoms with Crippen LogP contribution in [0.1, 0.15) is 48.0 Å². The van der Waals surface area contributed by atoms with E-state index in [9.17, 15) is 18.8 Å². The van der Waals surface area contributed by atoms with Crippen molar-refractivity contribution in [3.63, 3.8) is 0 Å². The number of hydrogen-bond acceptors (Lipinski definition) is 10. The van der Waals surface area contributed by atoms with Crippen molar-refractivity contribution in [3.8, 4) is 23.0 Å². The topological polar surface area (TPSA) is 147 Å². The molecule has 0 spiro atoms. The number of nitrogens with zero attached hydrogens (tertiary/aromatic N) is 5. The van der Waals surface area contributed by atoms with Gasteiger partial charge in [0.15, 0.2) is 0 Å². The van der Waals surface area contributed by atoms with Gasteiger partial charge in [-0.3, -0.25) is 4.79 Å². The zero-order valence-electron chi connectivity index (χ0n) is 25.1. The van der Waals surface area contributed by atoms with E-state index in [1.807, 2.05) is 0 Å². The van der Waals surface area contributed by atoms with Crippen molar-refractivity contribution in [2.75, 3.05) is 24.4 Å². The molecule has 1 aliphatic rings. The molecule has 226 valence electrons. The largest absolute Gasteiger partial charge is 0.480 e. The molecular formula is C28H35FN6O7. The van der Waals surface area contributed by atoms with Crippen molar-refractivity contribution in [1.29, 1.82) is 0 Å². The van der Waals surface area contributed by atoms with Gasteiger partial charge in [-0.1, -0.05) is 0 Å². The minimum atomic E-state index is -1.12. The first-order valence-electron chi connectivity index (χ1n) is 13.2. The summed E-state index contributed by atoms with van der Waals surface area (Å²) in [6.07, 6.45) is -1.46. The Balaban J connectivity index is 1.79. The summed E-state index contributed by atoms with van der Waals surface area (Å²) in [6, 6.07) is 3.44. The molecule has 2 atom stereocenters. The molecule has 3 amide bonds. The highest BCUT2D eigenvalue weighted by molar-refractivity contribution is 6.08. The maximum atomic E-state index is 13.3. The third-order valence-corrected chi connectivity index (χ3v) is 6.06. The number of anilines is 2. The van der Waals surface area contributed by atoms with Gasteiger partial charge in [0.05, 0.1) is 37.5 Å². The van der Waals surface area contributed by atoms with Gasteiger partial charge in [0, 0.05) is 12.4 Å². The lowest BCUT2D eigenvalue weighted by molar-refractivity contribution is -0.117. The van der Waals surface area contributed by atoms with Crippen LogP contribution in [0, 0.1) is 5.92 Å². The molecule has 1 fully saturated rings. The van der Waals surface area contributed by atoms with Crippen molar-refractivity contribution < 1.29 is 37.7 Å². The van der Waals surface area contributed by atoms with Crippen LogP contribution in [0.25, 0.3) is 22.2 Å². The first-order chi connectivity index (χ1) is 19.5. The predicted molar refractivity (Wildman–Crippen MR) is 151 cm³/mol. The average molecular weight is 587 g/mol. The molecule has 0 aliphatic heterocycles. The maximum Gasteiger partial charge on any atom is 0.427 e. The van der Waals surface area contributed by atoms with Gasteiger partial charge >= 0.3 is 12.2 Å². The molecule has 4 rings (SSSR count). The van der Waals surface area contributed by atoms with Gasteiger partial charge in [-0.2, -0.15) is 9.97 Å². The fraction of sp³-hybridized carbons (Fsp3) is 0.500. The molecule has 3 aromatic heterocycles. The Morgan fingerprint density at radius 3 is 1.95 bits per heavy atom. The highest BCUT2D eigenvalue weighted by Gasteiger charge is 2.44. The van der Waals surface area contributed by atoms with E-state index in [1.54, 1.807) is 71.5 Å². The minimum Gasteiger partial charge on any atom is -0.480 e. The quantitative estimate of drug-likeness (QED) is 0.417. The number of amides is 3. The Kier molecular flexibility index (Phi) is 8.03. The number of fused-ring (bicyclic) bond motifs is 1. The van der Waals surface area contributed by atoms with Gasteiger partial charge in [0.1, 0.15) is 28.8 Å². The Bertz CT molecular complexity index is 1490. The van der Waals surface area contributed by atoms with Crippen molar-refractivity contribution in [2.45, 2.75) is 65.3 Å². The number of alkyl halides is 1. The SMILES string of the molecule is COc1nc(N(C(=O)OC(C)(C)C)C(=O)OC(C)(C)C)nc(OC)c1-c1cc2cc(NC(=O)[C@@H]3C[C@@H]3F)ncc2n1C. The van der Waals surface area contributed by atoms with E-state index in [-0.39, 0.29) is 29.9 Å². The van der Waals surface area contributed by atoms with Gasteiger partial charge in [0.2, 0.25) is 17.7 Å². The molecular weight excluding hydrogens is 551 g/mol. The maximum absolute atomic E-state index is 13.3. The number of carbonyl (C=O) groups excluding carboxylic acids is 3. The normalized spacial score (nSPS) is 16.5. The smallest absolute Gasteiger partial charge is 0.427 e. The van der Waals surface area contributed by atoms with Crippen LogP contribution in [0.2, 0.25) is 0 Å². The van der Waals surface area contributed by atoms with Crippen molar-refractivity contribution in [3.05, 3.63) is 18.3 Å². The van der Waals surface area contributed by atoms with Crippen LogP contribution in [0.4, 0.5) is 25.7 Å². The van der Waals surface area contributed by atoms with Crippen LogP contribution in [0.5, 0.6) is 11.8 Å². The molecule has 1 aliphatic carbocycles. The highest BCUT2D eigenvalue weighted by Crippen LogP contribution is 2.40. The summed E-state index contributed by atoms with van der Waals surface area (Å²) in [5.74, 6) is -1.20. The molecule has 14 heteroatoms. The van der Waals surface area contributed by atoms with Crippen molar-refractivity contribution >= 4 is 40.8 Å². The summed E-state index contributed by atoms with van der Waals surface area (Å²) in [5.41, 5.74) is -0.321. The molecule has 1 N–H and O–H groups in total. The van der Waals surface area contributed by atoms with Crippen LogP contribution < -0.4 is 19.7 Å². The summed E-state index contributed by atoms with van der Waals surface area (Å²) in [7, 11) is 4.51. The lowest BCUT2D eigenvalue weighted by Crippen LogP contribution is -2.44. The number of halogens is 1. The van der Waals surface area contributed by atoms with E-state index in [4.69, 9.17) is 18.9 Å². The number of ether oxygens (including phenoxy) is 4. The Hall–Kier alpha value is -4.49. The molecule has 3 heterocycles. The third kappa shape index (κ3) is 6.52. The van der Waals surface area contributed by atoms with E-state index in [0.29, 0.717) is 27.1 Å². The Morgan fingerprint density at radius 2 is 1.50 bits per heavy atom. The fourth-order valence-corrected chi connectivity index (χ4v) is 4.07. The van der Waals surface area contributed by atoms with Gasteiger partial charge in [-0.05, 0) is 60.1 Å². The molecule has 0 unspecified atom stereocenters. The van der Waals surface area contributed by atoms with Crippen LogP contribution in [0.3, 0.4) is 0 Å². The first kappa shape index (κ1) is 30.5. The second-order valence-electron chi connectivity index (χ2n) is 11.8. The highest BCUT2D eigenvalue weighted by atomic mass is 19.1. The second kappa shape index (κ2) is 11.1. The standard InChI is InChI=1S/C28H35FN6O7/c1-27(2,3)41-25(37)35(26(38)42-28(4,5)6)24-32-22(39-8)20(23(33-24)40-9)17-10-14-11-19(30-13-18(14)34(17)7)31-21(36)15-12-16(15)29/h10-11,13,15-16H,12H2,1-9H3,(H,30,31,36)/t15-,16+/m1/s1. The van der Waals surface area contributed by atoms with Gasteiger partial charge in [-0.15, -0.1) is 4.90 Å². The van der Waals surface area contributed by atoms with E-state index in [2.05, 4.69) is 20.3 Å². The molecule has 0 saturated heterocycles. The molecule has 0 bridgehead atoms. The number of aromatic nitrogens is 4. The first-order valence-corrected chi connectivity index (χ1v) is 13.2. The number of methoxy groups -OCH3 is 2. The summed E-state index contributed by atoms with van der Waals surface area (Å²) in [6.45, 7) is 9.91. The third-order valence-electron chi connectivity index (χ3n) is 6.06. The summed E-state index contributed by atoms with van der Waals surface area (Å²) in [5, 5.41) is 3.34. The summed E-state index contributed by atoms with van der Waals surface area (Å²) >= 11 is 0. The summed E-state index contributed by atoms with van der Waals surface area (Å²) in [4.78, 5) is 52.1. The van der Waals surface area contributed by atoms with Crippen LogP contribution in [0.15, 0.2) is 18.3 Å². The van der Waals surface area contributed by atoms with E-state index in [0.717, 1.165) is 0 Å². The van der Waals surface area contributed by atoms with E-state index < -0.39 is 41.4 Å². The minimum absolute atomic E-state index is 0.0101. The Morgan fingerprint density at radius 1 is 0.976 bits per heavy atom. The van der Waals surface area contributed by atoms with Crippen molar-refractivity contribution in [1.82, 2.24) is 19.5 Å². The number of pyridine rings is 1. The van der Waals surface area contributed by atoms with E-state index >= 15 is 0 Å². The summed E-state index contributed by atoms with van der Waals surface area (Å²) < 4.78 is 37.1. The zero-order valence-corrected chi connectivity index (χ0v) is 25.1. The molecule has 3 aromatic rings. The van der Waals surface area contributed by atoms with Gasteiger partial charge < -0.3 is 28.8 Å². The number of imide groups is 1. The lowest BCUT2D eigenvalue weighted by Gasteiger charge is -2.28. The molecule has 0 radical (unpaired) electrons. The number of hydrogen-bond donors (Lipinski definition) is 1. The van der Waals surface area contributed by atoms with Gasteiger partial charge in [0.25, 0.3) is 5.95 Å². The van der Waals surface area contributed by atoms with E-state index in [1.165, 1.54) is 14.2 Å². The monoisotopic (exact) mass is 586 g/mol. The molecule has 1 saturated carbocycles. The lowest BCUT2D eigenvalue weighted by atomic mass is 10.2. The van der Waals surface area contributed by atoms with Crippen LogP contribution >= 0.6 is 0 Å². The molecule has 13 nitrogen and oxygen atoms in total. The zero-order chi connectivity index (χ0) is 31.1. The predicted octanol–water partition coefficient (Wildman–Crippen LogP) is 5.02. The number of carbonyl (C=O) groups is 3.